The molecular weight excluding hydrogens is 1640 g/mol. The number of morpholine rings is 1. The number of thioether (sulfide) groups is 1. The van der Waals surface area contributed by atoms with Crippen LogP contribution in [-0.4, -0.2) is 372 Å². The first-order valence-corrected chi connectivity index (χ1v) is 43.0. The maximum absolute atomic E-state index is 12.8. The molecule has 3 aromatic heterocycles. The number of aromatic nitrogens is 3. The van der Waals surface area contributed by atoms with Crippen LogP contribution in [0.3, 0.4) is 0 Å². The molecule has 6 rings (SSSR count). The number of pyridine rings is 1. The lowest BCUT2D eigenvalue weighted by atomic mass is 10.2. The van der Waals surface area contributed by atoms with Gasteiger partial charge in [-0.2, -0.15) is 0 Å². The summed E-state index contributed by atoms with van der Waals surface area (Å²) in [5, 5.41) is 26.8. The number of rotatable bonds is 73. The zero-order chi connectivity index (χ0) is 88.4. The highest BCUT2D eigenvalue weighted by atomic mass is 32.2. The molecule has 123 heavy (non-hydrogen) atoms. The van der Waals surface area contributed by atoms with Gasteiger partial charge in [-0.15, -0.1) is 11.8 Å². The predicted molar refractivity (Wildman–Crippen MR) is 445 cm³/mol. The number of carbonyl (C=O) groups excluding carboxylic acids is 8. The molecular formula is C82H130N8O32S. The van der Waals surface area contributed by atoms with Crippen LogP contribution in [0.2, 0.25) is 0 Å². The second kappa shape index (κ2) is 68.6. The largest absolute Gasteiger partial charge is 0.513 e. The number of imide groups is 1. The predicted octanol–water partition coefficient (Wildman–Crippen LogP) is 3.93. The van der Waals surface area contributed by atoms with Gasteiger partial charge in [0.1, 0.15) is 24.5 Å². The fourth-order valence-corrected chi connectivity index (χ4v) is 12.2. The average molecular weight is 1770 g/mol. The lowest BCUT2D eigenvalue weighted by Crippen LogP contribution is -2.37. The molecule has 5 atom stereocenters. The van der Waals surface area contributed by atoms with Crippen molar-refractivity contribution in [1.82, 2.24) is 35.8 Å². The van der Waals surface area contributed by atoms with Gasteiger partial charge in [-0.1, -0.05) is 26.0 Å². The van der Waals surface area contributed by atoms with E-state index in [2.05, 4.69) is 25.8 Å². The van der Waals surface area contributed by atoms with Crippen molar-refractivity contribution in [2.45, 2.75) is 121 Å². The number of benzene rings is 1. The first kappa shape index (κ1) is 106. The summed E-state index contributed by atoms with van der Waals surface area (Å²) in [4.78, 5) is 114. The van der Waals surface area contributed by atoms with Crippen molar-refractivity contribution in [2.75, 3.05) is 269 Å². The second-order valence-corrected chi connectivity index (χ2v) is 28.4. The van der Waals surface area contributed by atoms with Crippen LogP contribution < -0.4 is 25.6 Å². The molecule has 0 radical (unpaired) electrons. The monoisotopic (exact) mass is 1770 g/mol. The molecule has 0 saturated carbocycles. The van der Waals surface area contributed by atoms with E-state index in [9.17, 15) is 48.6 Å². The molecule has 2 fully saturated rings. The molecule has 2 aliphatic heterocycles. The van der Waals surface area contributed by atoms with E-state index >= 15 is 0 Å². The van der Waals surface area contributed by atoms with Crippen molar-refractivity contribution in [3.05, 3.63) is 42.6 Å². The van der Waals surface area contributed by atoms with Gasteiger partial charge in [0.2, 0.25) is 35.2 Å². The number of aliphatic hydroxyl groups excluding tert-OH is 2. The number of nitrogens with zero attached hydrogens (tertiary/aromatic N) is 5. The fourth-order valence-electron chi connectivity index (χ4n) is 11.1. The van der Waals surface area contributed by atoms with Crippen molar-refractivity contribution >= 4 is 87.4 Å². The normalized spacial score (nSPS) is 14.4. The highest BCUT2D eigenvalue weighted by Gasteiger charge is 2.38. The average Bonchev–Trinajstić information content (AvgIpc) is 1.62. The van der Waals surface area contributed by atoms with E-state index in [0.29, 0.717) is 276 Å². The number of amides is 5. The van der Waals surface area contributed by atoms with Gasteiger partial charge in [0.05, 0.1) is 221 Å². The van der Waals surface area contributed by atoms with E-state index in [1.807, 2.05) is 32.0 Å². The number of hydrogen-bond donors (Lipinski definition) is 5. The highest BCUT2D eigenvalue weighted by molar-refractivity contribution is 8.00. The van der Waals surface area contributed by atoms with Gasteiger partial charge in [0.15, 0.2) is 29.8 Å². The number of carbonyl (C=O) groups is 8. The van der Waals surface area contributed by atoms with Gasteiger partial charge in [-0.05, 0) is 62.8 Å². The Morgan fingerprint density at radius 3 is 1.52 bits per heavy atom. The van der Waals surface area contributed by atoms with E-state index in [1.54, 1.807) is 31.4 Å². The number of hydrogen-bond acceptors (Lipinski definition) is 37. The molecule has 1 aromatic carbocycles. The van der Waals surface area contributed by atoms with Crippen molar-refractivity contribution in [1.29, 1.82) is 0 Å². The van der Waals surface area contributed by atoms with Gasteiger partial charge in [-0.25, -0.2) is 19.7 Å². The van der Waals surface area contributed by atoms with E-state index in [4.69, 9.17) is 114 Å². The summed E-state index contributed by atoms with van der Waals surface area (Å²) < 4.78 is 119. The van der Waals surface area contributed by atoms with E-state index < -0.39 is 48.1 Å². The summed E-state index contributed by atoms with van der Waals surface area (Å²) >= 11 is 1.32. The van der Waals surface area contributed by atoms with E-state index in [0.717, 1.165) is 5.39 Å². The van der Waals surface area contributed by atoms with Crippen molar-refractivity contribution in [3.63, 3.8) is 0 Å². The number of esters is 2. The summed E-state index contributed by atoms with van der Waals surface area (Å²) in [7, 11) is 4.43. The maximum Gasteiger partial charge on any atom is 0.513 e. The standard InChI is InChI=1S/C46H85N3O21S.C36H45N5O11/c1-4-39(37-50)70-45(56-3)38-69-44(54)7-5-6-42(52)48-9-35-71-40-36-43(53)49(46(40)55)10-12-58-14-16-60-18-20-62-22-24-64-26-28-66-30-32-68-34-33-67-31-29-65-27-25-63-23-21-61-19-17-59-15-13-57-11-8-41(51)47-2;1-3-25(22-42)50-30(46-2)23-49-29(44)13-7-12-28(43)37-14-4-5-18-48-36(45)51-26-10-6-9-24(21-26)33-39-31-27-11-8-15-38-35(27)52-32(31)34(40-33)41-16-19-47-20-17-41/h39-40,45,50H,4-38H2,1-3H3,(H,47,51)(H,48,52);6,8-11,15,21,25,30,42H,3-5,7,12-14,16-20,22-23H2,1-2H3,(H,37,43). The third-order valence-corrected chi connectivity index (χ3v) is 19.1. The Kier molecular flexibility index (Phi) is 59.1. The minimum absolute atomic E-state index is 0.0455. The topological polar surface area (TPSA) is 465 Å². The third-order valence-electron chi connectivity index (χ3n) is 17.9. The van der Waals surface area contributed by atoms with Gasteiger partial charge in [0, 0.05) is 103 Å². The van der Waals surface area contributed by atoms with Gasteiger partial charge < -0.3 is 135 Å². The molecule has 41 heteroatoms. The summed E-state index contributed by atoms with van der Waals surface area (Å²) in [6, 6.07) is 10.6. The molecule has 2 aliphatic rings. The Hall–Kier alpha value is -7.60. The number of furan rings is 1. The quantitative estimate of drug-likeness (QED) is 0.0104. The lowest BCUT2D eigenvalue weighted by Gasteiger charge is -2.27. The number of methoxy groups -OCH3 is 2. The molecule has 5 N–H and O–H groups in total. The summed E-state index contributed by atoms with van der Waals surface area (Å²) in [5.74, 6) is -0.154. The minimum atomic E-state index is -0.854. The number of nitrogens with one attached hydrogen (secondary N) is 3. The van der Waals surface area contributed by atoms with Crippen molar-refractivity contribution in [3.8, 4) is 17.1 Å². The Balaban J connectivity index is 0.000000456. The number of aliphatic hydroxyl groups is 2. The van der Waals surface area contributed by atoms with Crippen molar-refractivity contribution < 1.29 is 152 Å². The van der Waals surface area contributed by atoms with Crippen LogP contribution >= 0.6 is 11.8 Å². The summed E-state index contributed by atoms with van der Waals surface area (Å²) in [6.45, 7) is 16.8. The molecule has 696 valence electrons. The van der Waals surface area contributed by atoms with Crippen molar-refractivity contribution in [2.24, 2.45) is 0 Å². The van der Waals surface area contributed by atoms with Gasteiger partial charge >= 0.3 is 18.1 Å². The zero-order valence-corrected chi connectivity index (χ0v) is 72.7. The molecule has 2 saturated heterocycles. The van der Waals surface area contributed by atoms with Crippen LogP contribution in [-0.2, 0) is 128 Å². The minimum Gasteiger partial charge on any atom is -0.460 e. The number of ether oxygens (including phenoxy) is 21. The molecule has 0 aliphatic carbocycles. The van der Waals surface area contributed by atoms with Crippen LogP contribution in [0.4, 0.5) is 10.6 Å². The second-order valence-electron chi connectivity index (χ2n) is 27.1. The Morgan fingerprint density at radius 2 is 1.04 bits per heavy atom. The smallest absolute Gasteiger partial charge is 0.460 e. The van der Waals surface area contributed by atoms with Crippen LogP contribution in [0.1, 0.15) is 90.9 Å². The Labute approximate surface area is 722 Å². The highest BCUT2D eigenvalue weighted by Crippen LogP contribution is 2.35. The van der Waals surface area contributed by atoms with Gasteiger partial charge in [0.25, 0.3) is 0 Å². The van der Waals surface area contributed by atoms with Crippen LogP contribution in [0.15, 0.2) is 47.0 Å². The number of unbranched alkanes of at least 4 members (excludes halogenated alkanes) is 1. The first-order valence-electron chi connectivity index (χ1n) is 42.0. The first-order chi connectivity index (χ1) is 60.1. The third kappa shape index (κ3) is 47.5. The SMILES string of the molecule is CCC(CO)OC(COC(=O)CCCC(=O)NCCCCOC(=O)Oc1cccc(-c2nc(N3CCOCC3)c3oc4ncccc4c3n2)c1)OC.CCC(CO)OC(COC(=O)CCCC(=O)NCCSC1CC(=O)N(CCOCCOCCOCCOCCOCCOCCOCCOCCOCCOCCOCCOCCC(=O)NC)C1=O)OC. The molecule has 0 spiro atoms. The number of likely N-dealkylation sites (tertiary alicyclic amines) is 1. The van der Waals surface area contributed by atoms with E-state index in [-0.39, 0.29) is 114 Å². The fraction of sp³-hybridized carbons (Fsp3) is 0.720. The Morgan fingerprint density at radius 1 is 0.553 bits per heavy atom. The summed E-state index contributed by atoms with van der Waals surface area (Å²) in [6.07, 6.45) is 2.13. The van der Waals surface area contributed by atoms with Crippen LogP contribution in [0.25, 0.3) is 33.6 Å². The lowest BCUT2D eigenvalue weighted by molar-refractivity contribution is -0.194. The van der Waals surface area contributed by atoms with Crippen LogP contribution in [0, 0.1) is 0 Å². The van der Waals surface area contributed by atoms with Crippen LogP contribution in [0.5, 0.6) is 5.75 Å². The molecule has 0 bridgehead atoms. The van der Waals surface area contributed by atoms with E-state index in [1.165, 1.54) is 30.9 Å². The Bertz CT molecular complexity index is 3530. The molecule has 5 amide bonds. The molecule has 5 heterocycles. The summed E-state index contributed by atoms with van der Waals surface area (Å²) in [5.41, 5.74) is 2.30. The molecule has 5 unspecified atom stereocenters. The maximum atomic E-state index is 12.8. The number of fused-ring (bicyclic) bond motifs is 3. The molecule has 4 aromatic rings. The number of anilines is 1. The van der Waals surface area contributed by atoms with Gasteiger partial charge in [-0.3, -0.25) is 38.5 Å². The zero-order valence-electron chi connectivity index (χ0n) is 71.9. The molecule has 40 nitrogen and oxygen atoms in total.